The smallest absolute Gasteiger partial charge is 0.246 e. The summed E-state index contributed by atoms with van der Waals surface area (Å²) in [5.41, 5.74) is 0.469. The maximum absolute atomic E-state index is 10.9. The Morgan fingerprint density at radius 2 is 2.27 bits per heavy atom. The van der Waals surface area contributed by atoms with Gasteiger partial charge in [-0.15, -0.1) is 0 Å². The zero-order valence-corrected chi connectivity index (χ0v) is 7.05. The van der Waals surface area contributed by atoms with Gasteiger partial charge < -0.3 is 10.4 Å². The summed E-state index contributed by atoms with van der Waals surface area (Å²) in [7, 11) is 0. The predicted octanol–water partition coefficient (Wildman–Crippen LogP) is 0.450. The molecule has 0 aliphatic carbocycles. The molecule has 0 saturated heterocycles. The fourth-order valence-electron chi connectivity index (χ4n) is 0.585. The average Bonchev–Trinajstić information content (AvgIpc) is 1.99. The summed E-state index contributed by atoms with van der Waals surface area (Å²) in [5, 5.41) is 11.3. The number of hydrogen-bond donors (Lipinski definition) is 2. The molecular formula is C8H15NO2. The molecule has 0 radical (unpaired) electrons. The highest BCUT2D eigenvalue weighted by atomic mass is 16.3. The quantitative estimate of drug-likeness (QED) is 0.582. The van der Waals surface area contributed by atoms with E-state index in [1.54, 1.807) is 6.92 Å². The number of rotatable bonds is 4. The summed E-state index contributed by atoms with van der Waals surface area (Å²) < 4.78 is 0. The van der Waals surface area contributed by atoms with Gasteiger partial charge in [0, 0.05) is 5.57 Å². The van der Waals surface area contributed by atoms with Gasteiger partial charge in [-0.25, -0.2) is 0 Å². The van der Waals surface area contributed by atoms with Crippen LogP contribution in [0.25, 0.3) is 0 Å². The second-order valence-electron chi connectivity index (χ2n) is 2.54. The van der Waals surface area contributed by atoms with Crippen molar-refractivity contribution >= 4 is 5.91 Å². The van der Waals surface area contributed by atoms with Crippen LogP contribution in [0.1, 0.15) is 20.3 Å². The Morgan fingerprint density at radius 1 is 1.73 bits per heavy atom. The van der Waals surface area contributed by atoms with Crippen molar-refractivity contribution < 1.29 is 9.90 Å². The van der Waals surface area contributed by atoms with Crippen LogP contribution < -0.4 is 5.32 Å². The topological polar surface area (TPSA) is 49.3 Å². The first-order valence-electron chi connectivity index (χ1n) is 3.69. The van der Waals surface area contributed by atoms with Crippen LogP contribution in [0, 0.1) is 0 Å². The molecule has 0 spiro atoms. The molecule has 0 aliphatic rings. The van der Waals surface area contributed by atoms with E-state index in [1.165, 1.54) is 0 Å². The summed E-state index contributed by atoms with van der Waals surface area (Å²) in [6, 6.07) is -0.140. The number of carbonyl (C=O) groups is 1. The van der Waals surface area contributed by atoms with Crippen LogP contribution in [-0.4, -0.2) is 23.7 Å². The van der Waals surface area contributed by atoms with Gasteiger partial charge in [-0.2, -0.15) is 0 Å². The molecule has 0 saturated carbocycles. The van der Waals surface area contributed by atoms with Crippen molar-refractivity contribution in [3.05, 3.63) is 12.2 Å². The number of carbonyl (C=O) groups excluding carboxylic acids is 1. The van der Waals surface area contributed by atoms with Crippen molar-refractivity contribution in [1.82, 2.24) is 5.32 Å². The normalized spacial score (nSPS) is 12.3. The molecule has 1 atom stereocenters. The fourth-order valence-corrected chi connectivity index (χ4v) is 0.585. The van der Waals surface area contributed by atoms with E-state index in [0.29, 0.717) is 5.57 Å². The fraction of sp³-hybridized carbons (Fsp3) is 0.625. The Balaban J connectivity index is 3.81. The molecule has 11 heavy (non-hydrogen) atoms. The van der Waals surface area contributed by atoms with Crippen molar-refractivity contribution in [2.75, 3.05) is 6.61 Å². The molecule has 0 aromatic rings. The lowest BCUT2D eigenvalue weighted by molar-refractivity contribution is -0.118. The second kappa shape index (κ2) is 4.91. The zero-order valence-electron chi connectivity index (χ0n) is 7.05. The molecule has 0 fully saturated rings. The highest BCUT2D eigenvalue weighted by Crippen LogP contribution is 1.92. The summed E-state index contributed by atoms with van der Waals surface area (Å²) in [4.78, 5) is 10.9. The second-order valence-corrected chi connectivity index (χ2v) is 2.54. The van der Waals surface area contributed by atoms with Crippen molar-refractivity contribution in [3.63, 3.8) is 0 Å². The third-order valence-corrected chi connectivity index (χ3v) is 1.44. The maximum atomic E-state index is 10.9. The summed E-state index contributed by atoms with van der Waals surface area (Å²) in [6.45, 7) is 7.01. The first-order valence-corrected chi connectivity index (χ1v) is 3.69. The Hall–Kier alpha value is -0.830. The lowest BCUT2D eigenvalue weighted by Crippen LogP contribution is -2.37. The molecule has 1 amide bonds. The minimum absolute atomic E-state index is 0.0183. The number of aliphatic hydroxyl groups is 1. The molecule has 0 unspecified atom stereocenters. The van der Waals surface area contributed by atoms with Crippen LogP contribution in [-0.2, 0) is 4.79 Å². The Morgan fingerprint density at radius 3 is 2.55 bits per heavy atom. The van der Waals surface area contributed by atoms with E-state index in [2.05, 4.69) is 11.9 Å². The molecule has 2 N–H and O–H groups in total. The van der Waals surface area contributed by atoms with Crippen molar-refractivity contribution in [3.8, 4) is 0 Å². The van der Waals surface area contributed by atoms with Gasteiger partial charge in [0.25, 0.3) is 0 Å². The molecule has 0 aliphatic heterocycles. The molecule has 64 valence electrons. The van der Waals surface area contributed by atoms with Gasteiger partial charge in [0.2, 0.25) is 5.91 Å². The summed E-state index contributed by atoms with van der Waals surface area (Å²) in [5.74, 6) is -0.189. The van der Waals surface area contributed by atoms with E-state index in [0.717, 1.165) is 6.42 Å². The molecular weight excluding hydrogens is 142 g/mol. The molecule has 0 rings (SSSR count). The first-order chi connectivity index (χ1) is 5.11. The lowest BCUT2D eigenvalue weighted by Gasteiger charge is -2.13. The van der Waals surface area contributed by atoms with Crippen molar-refractivity contribution in [2.24, 2.45) is 0 Å². The molecule has 3 heteroatoms. The third kappa shape index (κ3) is 3.78. The van der Waals surface area contributed by atoms with Crippen LogP contribution in [0.5, 0.6) is 0 Å². The highest BCUT2D eigenvalue weighted by Gasteiger charge is 2.08. The lowest BCUT2D eigenvalue weighted by atomic mass is 10.2. The van der Waals surface area contributed by atoms with Gasteiger partial charge in [0.1, 0.15) is 0 Å². The van der Waals surface area contributed by atoms with E-state index in [-0.39, 0.29) is 18.6 Å². The van der Waals surface area contributed by atoms with Gasteiger partial charge in [0.05, 0.1) is 12.6 Å². The van der Waals surface area contributed by atoms with Gasteiger partial charge in [-0.05, 0) is 13.3 Å². The number of nitrogens with one attached hydrogen (secondary N) is 1. The number of aliphatic hydroxyl groups excluding tert-OH is 1. The minimum atomic E-state index is -0.189. The molecule has 0 aromatic carbocycles. The SMILES string of the molecule is C=C(C)C(=O)N[C@@H](CC)CO. The van der Waals surface area contributed by atoms with E-state index in [9.17, 15) is 4.79 Å². The monoisotopic (exact) mass is 157 g/mol. The van der Waals surface area contributed by atoms with E-state index in [4.69, 9.17) is 5.11 Å². The standard InChI is InChI=1S/C8H15NO2/c1-4-7(5-10)9-8(11)6(2)3/h7,10H,2,4-5H2,1,3H3,(H,9,11)/t7-/m0/s1. The minimum Gasteiger partial charge on any atom is -0.394 e. The van der Waals surface area contributed by atoms with E-state index >= 15 is 0 Å². The van der Waals surface area contributed by atoms with Crippen LogP contribution in [0.3, 0.4) is 0 Å². The van der Waals surface area contributed by atoms with Crippen LogP contribution in [0.15, 0.2) is 12.2 Å². The largest absolute Gasteiger partial charge is 0.394 e. The van der Waals surface area contributed by atoms with Gasteiger partial charge in [-0.1, -0.05) is 13.5 Å². The van der Waals surface area contributed by atoms with Crippen LogP contribution in [0.4, 0.5) is 0 Å². The summed E-state index contributed by atoms with van der Waals surface area (Å²) in [6.07, 6.45) is 0.732. The summed E-state index contributed by atoms with van der Waals surface area (Å²) >= 11 is 0. The van der Waals surface area contributed by atoms with Crippen LogP contribution in [0.2, 0.25) is 0 Å². The molecule has 3 nitrogen and oxygen atoms in total. The maximum Gasteiger partial charge on any atom is 0.246 e. The number of hydrogen-bond acceptors (Lipinski definition) is 2. The molecule has 0 aromatic heterocycles. The average molecular weight is 157 g/mol. The van der Waals surface area contributed by atoms with Crippen molar-refractivity contribution in [1.29, 1.82) is 0 Å². The molecule has 0 heterocycles. The Labute approximate surface area is 67.1 Å². The Kier molecular flexibility index (Phi) is 4.54. The van der Waals surface area contributed by atoms with E-state index in [1.807, 2.05) is 6.92 Å². The van der Waals surface area contributed by atoms with E-state index < -0.39 is 0 Å². The zero-order chi connectivity index (χ0) is 8.85. The number of amides is 1. The molecule has 0 bridgehead atoms. The van der Waals surface area contributed by atoms with Gasteiger partial charge in [0.15, 0.2) is 0 Å². The van der Waals surface area contributed by atoms with Gasteiger partial charge in [-0.3, -0.25) is 4.79 Å². The van der Waals surface area contributed by atoms with Gasteiger partial charge >= 0.3 is 0 Å². The predicted molar refractivity (Wildman–Crippen MR) is 44.1 cm³/mol. The third-order valence-electron chi connectivity index (χ3n) is 1.44. The van der Waals surface area contributed by atoms with Crippen molar-refractivity contribution in [2.45, 2.75) is 26.3 Å². The Bertz CT molecular complexity index is 150. The first kappa shape index (κ1) is 10.2. The van der Waals surface area contributed by atoms with Crippen LogP contribution >= 0.6 is 0 Å². The highest BCUT2D eigenvalue weighted by molar-refractivity contribution is 5.92.